The van der Waals surface area contributed by atoms with E-state index in [2.05, 4.69) is 12.1 Å². The largest absolute Gasteiger partial charge is 0.370 e. The Hall–Kier alpha value is -1.15. The molecule has 2 heteroatoms. The van der Waals surface area contributed by atoms with E-state index in [1.807, 2.05) is 18.2 Å². The van der Waals surface area contributed by atoms with Gasteiger partial charge >= 0.3 is 0 Å². The molecule has 0 unspecified atom stereocenters. The van der Waals surface area contributed by atoms with Gasteiger partial charge in [-0.05, 0) is 25.3 Å². The molecule has 1 saturated carbocycles. The highest BCUT2D eigenvalue weighted by molar-refractivity contribution is 5.76. The summed E-state index contributed by atoms with van der Waals surface area (Å²) in [6.45, 7) is 2.29. The number of ether oxygens (including phenoxy) is 1. The number of ketones is 1. The summed E-state index contributed by atoms with van der Waals surface area (Å²) in [4.78, 5) is 11.4. The molecular weight excluding hydrogens is 224 g/mol. The average molecular weight is 246 g/mol. The number of Topliss-reactive ketones (excluding diaryl/α,β-unsaturated/α-hetero) is 1. The Bertz CT molecular complexity index is 377. The molecule has 0 amide bonds. The third kappa shape index (κ3) is 3.67. The maximum Gasteiger partial charge on any atom is 0.132 e. The SMILES string of the molecule is CC(=O)CC1(OCc2ccccc2)CCCCC1. The van der Waals surface area contributed by atoms with Crippen LogP contribution in [0.5, 0.6) is 0 Å². The molecule has 0 spiro atoms. The molecule has 1 aliphatic carbocycles. The quantitative estimate of drug-likeness (QED) is 0.788. The van der Waals surface area contributed by atoms with Crippen LogP contribution in [-0.2, 0) is 16.1 Å². The van der Waals surface area contributed by atoms with Gasteiger partial charge in [0, 0.05) is 6.42 Å². The topological polar surface area (TPSA) is 26.3 Å². The van der Waals surface area contributed by atoms with E-state index >= 15 is 0 Å². The predicted molar refractivity (Wildman–Crippen MR) is 72.3 cm³/mol. The van der Waals surface area contributed by atoms with Crippen molar-refractivity contribution in [1.82, 2.24) is 0 Å². The molecule has 1 fully saturated rings. The number of hydrogen-bond acceptors (Lipinski definition) is 2. The van der Waals surface area contributed by atoms with Gasteiger partial charge in [-0.3, -0.25) is 4.79 Å². The van der Waals surface area contributed by atoms with Gasteiger partial charge in [0.2, 0.25) is 0 Å². The monoisotopic (exact) mass is 246 g/mol. The molecular formula is C16H22O2. The Kier molecular flexibility index (Phi) is 4.54. The van der Waals surface area contributed by atoms with Crippen molar-refractivity contribution >= 4 is 5.78 Å². The molecule has 2 nitrogen and oxygen atoms in total. The van der Waals surface area contributed by atoms with Crippen LogP contribution < -0.4 is 0 Å². The summed E-state index contributed by atoms with van der Waals surface area (Å²) in [5, 5.41) is 0. The molecule has 1 aromatic rings. The van der Waals surface area contributed by atoms with Crippen molar-refractivity contribution in [2.45, 2.75) is 57.7 Å². The first kappa shape index (κ1) is 13.3. The fraction of sp³-hybridized carbons (Fsp3) is 0.562. The van der Waals surface area contributed by atoms with E-state index in [0.29, 0.717) is 13.0 Å². The van der Waals surface area contributed by atoms with E-state index in [9.17, 15) is 4.79 Å². The molecule has 2 rings (SSSR count). The Morgan fingerprint density at radius 1 is 1.17 bits per heavy atom. The van der Waals surface area contributed by atoms with Crippen molar-refractivity contribution in [2.75, 3.05) is 0 Å². The van der Waals surface area contributed by atoms with Gasteiger partial charge < -0.3 is 4.74 Å². The van der Waals surface area contributed by atoms with E-state index in [-0.39, 0.29) is 11.4 Å². The lowest BCUT2D eigenvalue weighted by Crippen LogP contribution is -2.36. The van der Waals surface area contributed by atoms with E-state index in [0.717, 1.165) is 12.8 Å². The van der Waals surface area contributed by atoms with Crippen LogP contribution in [0.25, 0.3) is 0 Å². The highest BCUT2D eigenvalue weighted by atomic mass is 16.5. The van der Waals surface area contributed by atoms with Crippen molar-refractivity contribution in [3.63, 3.8) is 0 Å². The van der Waals surface area contributed by atoms with Crippen LogP contribution in [0.3, 0.4) is 0 Å². The summed E-state index contributed by atoms with van der Waals surface area (Å²) < 4.78 is 6.15. The summed E-state index contributed by atoms with van der Waals surface area (Å²) in [7, 11) is 0. The van der Waals surface area contributed by atoms with Gasteiger partial charge in [0.05, 0.1) is 12.2 Å². The normalized spacial score (nSPS) is 18.5. The molecule has 0 N–H and O–H groups in total. The minimum atomic E-state index is -0.195. The molecule has 0 aliphatic heterocycles. The third-order valence-electron chi connectivity index (χ3n) is 3.72. The molecule has 1 aliphatic rings. The second-order valence-electron chi connectivity index (χ2n) is 5.40. The predicted octanol–water partition coefficient (Wildman–Crippen LogP) is 3.89. The first-order valence-corrected chi connectivity index (χ1v) is 6.88. The summed E-state index contributed by atoms with van der Waals surface area (Å²) in [5.74, 6) is 0.241. The summed E-state index contributed by atoms with van der Waals surface area (Å²) in [6, 6.07) is 10.2. The molecule has 1 aromatic carbocycles. The fourth-order valence-electron chi connectivity index (χ4n) is 2.83. The smallest absolute Gasteiger partial charge is 0.132 e. The zero-order chi connectivity index (χ0) is 12.8. The number of carbonyl (C=O) groups is 1. The molecule has 18 heavy (non-hydrogen) atoms. The van der Waals surface area contributed by atoms with Crippen molar-refractivity contribution in [2.24, 2.45) is 0 Å². The number of carbonyl (C=O) groups excluding carboxylic acids is 1. The lowest BCUT2D eigenvalue weighted by Gasteiger charge is -2.36. The van der Waals surface area contributed by atoms with Gasteiger partial charge in [-0.1, -0.05) is 49.6 Å². The maximum absolute atomic E-state index is 11.4. The molecule has 0 radical (unpaired) electrons. The first-order valence-electron chi connectivity index (χ1n) is 6.88. The zero-order valence-corrected chi connectivity index (χ0v) is 11.2. The van der Waals surface area contributed by atoms with Crippen molar-refractivity contribution in [3.05, 3.63) is 35.9 Å². The first-order chi connectivity index (χ1) is 8.70. The number of benzene rings is 1. The Morgan fingerprint density at radius 3 is 2.44 bits per heavy atom. The van der Waals surface area contributed by atoms with Gasteiger partial charge in [-0.25, -0.2) is 0 Å². The maximum atomic E-state index is 11.4. The third-order valence-corrected chi connectivity index (χ3v) is 3.72. The van der Waals surface area contributed by atoms with E-state index in [1.165, 1.54) is 24.8 Å². The lowest BCUT2D eigenvalue weighted by molar-refractivity contribution is -0.130. The van der Waals surface area contributed by atoms with Gasteiger partial charge in [0.1, 0.15) is 5.78 Å². The Balaban J connectivity index is 1.99. The number of hydrogen-bond donors (Lipinski definition) is 0. The van der Waals surface area contributed by atoms with Crippen LogP contribution >= 0.6 is 0 Å². The molecule has 0 saturated heterocycles. The molecule has 0 bridgehead atoms. The van der Waals surface area contributed by atoms with Crippen LogP contribution in [-0.4, -0.2) is 11.4 Å². The van der Waals surface area contributed by atoms with Crippen molar-refractivity contribution in [1.29, 1.82) is 0 Å². The van der Waals surface area contributed by atoms with E-state index < -0.39 is 0 Å². The van der Waals surface area contributed by atoms with Crippen LogP contribution in [0, 0.1) is 0 Å². The molecule has 98 valence electrons. The van der Waals surface area contributed by atoms with Crippen molar-refractivity contribution < 1.29 is 9.53 Å². The second kappa shape index (κ2) is 6.14. The highest BCUT2D eigenvalue weighted by Crippen LogP contribution is 2.35. The minimum Gasteiger partial charge on any atom is -0.370 e. The standard InChI is InChI=1S/C16H22O2/c1-14(17)12-16(10-6-3-7-11-16)18-13-15-8-4-2-5-9-15/h2,4-5,8-9H,3,6-7,10-13H2,1H3. The second-order valence-corrected chi connectivity index (χ2v) is 5.40. The van der Waals surface area contributed by atoms with Gasteiger partial charge in [-0.15, -0.1) is 0 Å². The molecule has 0 aromatic heterocycles. The fourth-order valence-corrected chi connectivity index (χ4v) is 2.83. The summed E-state index contributed by atoms with van der Waals surface area (Å²) in [5.41, 5.74) is 0.992. The van der Waals surface area contributed by atoms with E-state index in [4.69, 9.17) is 4.74 Å². The van der Waals surface area contributed by atoms with Crippen LogP contribution in [0.4, 0.5) is 0 Å². The van der Waals surface area contributed by atoms with Crippen LogP contribution in [0.1, 0.15) is 51.0 Å². The zero-order valence-electron chi connectivity index (χ0n) is 11.2. The Morgan fingerprint density at radius 2 is 1.83 bits per heavy atom. The van der Waals surface area contributed by atoms with Crippen LogP contribution in [0.15, 0.2) is 30.3 Å². The van der Waals surface area contributed by atoms with Crippen molar-refractivity contribution in [3.8, 4) is 0 Å². The Labute approximate surface area is 109 Å². The molecule has 0 heterocycles. The van der Waals surface area contributed by atoms with Gasteiger partial charge in [0.15, 0.2) is 0 Å². The van der Waals surface area contributed by atoms with Gasteiger partial charge in [-0.2, -0.15) is 0 Å². The lowest BCUT2D eigenvalue weighted by atomic mass is 9.81. The summed E-state index contributed by atoms with van der Waals surface area (Å²) >= 11 is 0. The van der Waals surface area contributed by atoms with E-state index in [1.54, 1.807) is 6.92 Å². The minimum absolute atomic E-state index is 0.195. The molecule has 0 atom stereocenters. The number of rotatable bonds is 5. The van der Waals surface area contributed by atoms with Crippen LogP contribution in [0.2, 0.25) is 0 Å². The highest BCUT2D eigenvalue weighted by Gasteiger charge is 2.34. The summed E-state index contributed by atoms with van der Waals surface area (Å²) in [6.07, 6.45) is 6.26. The average Bonchev–Trinajstić information content (AvgIpc) is 2.38. The van der Waals surface area contributed by atoms with Gasteiger partial charge in [0.25, 0.3) is 0 Å².